The highest BCUT2D eigenvalue weighted by Gasteiger charge is 2.52. The van der Waals surface area contributed by atoms with Crippen molar-refractivity contribution in [1.29, 1.82) is 0 Å². The molecule has 1 aromatic heterocycles. The highest BCUT2D eigenvalue weighted by molar-refractivity contribution is 5.95. The molecule has 0 spiro atoms. The Morgan fingerprint density at radius 2 is 1.68 bits per heavy atom. The molecule has 1 aromatic carbocycles. The molecule has 2 aromatic rings. The lowest BCUT2D eigenvalue weighted by Gasteiger charge is -2.40. The van der Waals surface area contributed by atoms with Crippen molar-refractivity contribution >= 4 is 11.8 Å². The molecule has 2 N–H and O–H groups in total. The fraction of sp³-hybridized carbons (Fsp3) is 0.429. The van der Waals surface area contributed by atoms with Crippen molar-refractivity contribution in [3.63, 3.8) is 0 Å². The largest absolute Gasteiger partial charge is 0.346 e. The van der Waals surface area contributed by atoms with Crippen molar-refractivity contribution in [2.75, 3.05) is 0 Å². The van der Waals surface area contributed by atoms with Crippen LogP contribution in [0.4, 0.5) is 4.39 Å². The third-order valence-electron chi connectivity index (χ3n) is 5.93. The van der Waals surface area contributed by atoms with Gasteiger partial charge in [0.2, 0.25) is 0 Å². The molecular weight excluding hydrogens is 359 g/mol. The molecule has 1 heterocycles. The van der Waals surface area contributed by atoms with E-state index >= 15 is 0 Å². The molecule has 2 aliphatic carbocycles. The van der Waals surface area contributed by atoms with Gasteiger partial charge in [0.1, 0.15) is 11.5 Å². The van der Waals surface area contributed by atoms with Gasteiger partial charge in [-0.2, -0.15) is 0 Å². The molecule has 28 heavy (non-hydrogen) atoms. The zero-order valence-corrected chi connectivity index (χ0v) is 15.8. The summed E-state index contributed by atoms with van der Waals surface area (Å²) in [7, 11) is 0. The number of carbonyl (C=O) groups excluding carboxylic acids is 2. The second kappa shape index (κ2) is 6.96. The van der Waals surface area contributed by atoms with Gasteiger partial charge in [0.05, 0.1) is 17.5 Å². The van der Waals surface area contributed by atoms with Gasteiger partial charge in [-0.3, -0.25) is 14.6 Å². The summed E-state index contributed by atoms with van der Waals surface area (Å²) < 4.78 is 14.0. The van der Waals surface area contributed by atoms with E-state index in [2.05, 4.69) is 20.6 Å². The fourth-order valence-electron chi connectivity index (χ4n) is 4.66. The van der Waals surface area contributed by atoms with E-state index in [1.165, 1.54) is 18.3 Å². The summed E-state index contributed by atoms with van der Waals surface area (Å²) >= 11 is 0. The summed E-state index contributed by atoms with van der Waals surface area (Å²) in [5, 5.41) is 6.22. The van der Waals surface area contributed by atoms with Crippen molar-refractivity contribution in [3.05, 3.63) is 59.4 Å². The number of aromatic nitrogens is 2. The van der Waals surface area contributed by atoms with Gasteiger partial charge in [0.15, 0.2) is 0 Å². The molecule has 6 nitrogen and oxygen atoms in total. The number of amides is 2. The predicted octanol–water partition coefficient (Wildman–Crippen LogP) is 2.93. The third-order valence-corrected chi connectivity index (χ3v) is 5.93. The maximum absolute atomic E-state index is 14.0. The molecule has 7 heteroatoms. The monoisotopic (exact) mass is 382 g/mol. The van der Waals surface area contributed by atoms with Crippen molar-refractivity contribution in [2.24, 2.45) is 0 Å². The first kappa shape index (κ1) is 18.5. The smallest absolute Gasteiger partial charge is 0.271 e. The van der Waals surface area contributed by atoms with Crippen LogP contribution in [0.1, 0.15) is 65.1 Å². The average molecular weight is 382 g/mol. The molecule has 2 saturated carbocycles. The lowest BCUT2D eigenvalue weighted by molar-refractivity contribution is 0.0827. The molecule has 146 valence electrons. The van der Waals surface area contributed by atoms with E-state index in [-0.39, 0.29) is 17.0 Å². The van der Waals surface area contributed by atoms with Gasteiger partial charge in [-0.05, 0) is 57.6 Å². The Balaban J connectivity index is 1.49. The van der Waals surface area contributed by atoms with Crippen LogP contribution in [0.5, 0.6) is 0 Å². The van der Waals surface area contributed by atoms with Crippen LogP contribution in [0.25, 0.3) is 0 Å². The van der Waals surface area contributed by atoms with Crippen molar-refractivity contribution < 1.29 is 14.0 Å². The predicted molar refractivity (Wildman–Crippen MR) is 101 cm³/mol. The summed E-state index contributed by atoms with van der Waals surface area (Å²) in [5.74, 6) is -1.16. The normalized spacial score (nSPS) is 25.9. The van der Waals surface area contributed by atoms with Crippen LogP contribution in [0.2, 0.25) is 0 Å². The molecule has 2 atom stereocenters. The number of aryl methyl sites for hydroxylation is 1. The van der Waals surface area contributed by atoms with E-state index in [0.29, 0.717) is 17.8 Å². The summed E-state index contributed by atoms with van der Waals surface area (Å²) in [4.78, 5) is 33.6. The number of hydrogen-bond donors (Lipinski definition) is 2. The second-order valence-electron chi connectivity index (χ2n) is 8.02. The van der Waals surface area contributed by atoms with Gasteiger partial charge >= 0.3 is 0 Å². The van der Waals surface area contributed by atoms with Crippen LogP contribution in [-0.4, -0.2) is 32.9 Å². The van der Waals surface area contributed by atoms with Gasteiger partial charge in [0, 0.05) is 17.3 Å². The molecule has 2 bridgehead atoms. The third kappa shape index (κ3) is 3.48. The lowest BCUT2D eigenvalue weighted by Crippen LogP contribution is -2.55. The van der Waals surface area contributed by atoms with Crippen LogP contribution in [0, 0.1) is 12.7 Å². The fourth-order valence-corrected chi connectivity index (χ4v) is 4.66. The number of benzene rings is 1. The quantitative estimate of drug-likeness (QED) is 0.852. The van der Waals surface area contributed by atoms with Gasteiger partial charge < -0.3 is 10.6 Å². The van der Waals surface area contributed by atoms with E-state index in [4.69, 9.17) is 0 Å². The summed E-state index contributed by atoms with van der Waals surface area (Å²) in [6.45, 7) is 1.79. The lowest BCUT2D eigenvalue weighted by atomic mass is 9.78. The summed E-state index contributed by atoms with van der Waals surface area (Å²) in [5.41, 5.74) is 0.255. The Bertz CT molecular complexity index is 934. The van der Waals surface area contributed by atoms with E-state index in [0.717, 1.165) is 32.1 Å². The van der Waals surface area contributed by atoms with Crippen molar-refractivity contribution in [3.8, 4) is 0 Å². The molecule has 0 unspecified atom stereocenters. The molecule has 0 radical (unpaired) electrons. The minimum absolute atomic E-state index is 0.0546. The standard InChI is InChI=1S/C21H23FN4O2/c1-14-11-23-12-17(24-14)19(28)26-21-8-4-7-20(13-21,9-10-21)25-18(27)15-5-2-3-6-16(15)22/h2-3,5-6,11-12H,4,7-10,13H2,1H3,(H,25,27)(H,26,28)/t20-,21+/m1/s1. The highest BCUT2D eigenvalue weighted by atomic mass is 19.1. The summed E-state index contributed by atoms with van der Waals surface area (Å²) in [6.07, 6.45) is 7.81. The topological polar surface area (TPSA) is 84.0 Å². The number of rotatable bonds is 4. The molecule has 4 rings (SSSR count). The Hall–Kier alpha value is -2.83. The minimum atomic E-state index is -0.525. The van der Waals surface area contributed by atoms with Gasteiger partial charge in [-0.25, -0.2) is 9.37 Å². The molecule has 0 aliphatic heterocycles. The van der Waals surface area contributed by atoms with E-state index in [1.54, 1.807) is 25.3 Å². The summed E-state index contributed by atoms with van der Waals surface area (Å²) in [6, 6.07) is 5.99. The molecule has 0 saturated heterocycles. The Kier molecular flexibility index (Phi) is 4.61. The Morgan fingerprint density at radius 3 is 2.36 bits per heavy atom. The Labute approximate surface area is 163 Å². The maximum atomic E-state index is 14.0. The van der Waals surface area contributed by atoms with Crippen LogP contribution in [-0.2, 0) is 0 Å². The Morgan fingerprint density at radius 1 is 1.00 bits per heavy atom. The van der Waals surface area contributed by atoms with E-state index in [1.807, 2.05) is 0 Å². The van der Waals surface area contributed by atoms with Crippen molar-refractivity contribution in [1.82, 2.24) is 20.6 Å². The van der Waals surface area contributed by atoms with Gasteiger partial charge in [0.25, 0.3) is 11.8 Å². The van der Waals surface area contributed by atoms with Crippen LogP contribution >= 0.6 is 0 Å². The zero-order chi connectivity index (χ0) is 19.8. The van der Waals surface area contributed by atoms with E-state index < -0.39 is 17.3 Å². The minimum Gasteiger partial charge on any atom is -0.346 e. The number of nitrogens with zero attached hydrogens (tertiary/aromatic N) is 2. The van der Waals surface area contributed by atoms with Crippen LogP contribution < -0.4 is 10.6 Å². The van der Waals surface area contributed by atoms with Gasteiger partial charge in [-0.15, -0.1) is 0 Å². The molecule has 2 fully saturated rings. The first-order chi connectivity index (χ1) is 13.4. The number of nitrogens with one attached hydrogen (secondary N) is 2. The zero-order valence-electron chi connectivity index (χ0n) is 15.8. The average Bonchev–Trinajstić information content (AvgIpc) is 2.91. The second-order valence-corrected chi connectivity index (χ2v) is 8.02. The first-order valence-corrected chi connectivity index (χ1v) is 9.59. The number of hydrogen-bond acceptors (Lipinski definition) is 4. The SMILES string of the molecule is Cc1cncc(C(=O)N[C@@]23CCC[C@@](NC(=O)c4ccccc4F)(CC2)C3)n1. The maximum Gasteiger partial charge on any atom is 0.271 e. The first-order valence-electron chi connectivity index (χ1n) is 9.59. The van der Waals surface area contributed by atoms with E-state index in [9.17, 15) is 14.0 Å². The van der Waals surface area contributed by atoms with Crippen LogP contribution in [0.15, 0.2) is 36.7 Å². The van der Waals surface area contributed by atoms with Crippen LogP contribution in [0.3, 0.4) is 0 Å². The number of fused-ring (bicyclic) bond motifs is 2. The number of halogens is 1. The molecular formula is C21H23FN4O2. The highest BCUT2D eigenvalue weighted by Crippen LogP contribution is 2.48. The van der Waals surface area contributed by atoms with Crippen molar-refractivity contribution in [2.45, 2.75) is 56.5 Å². The molecule has 2 aliphatic rings. The van der Waals surface area contributed by atoms with Gasteiger partial charge in [-0.1, -0.05) is 12.1 Å². The molecule has 2 amide bonds. The number of carbonyl (C=O) groups is 2.